The summed E-state index contributed by atoms with van der Waals surface area (Å²) in [5.74, 6) is 0. The molecule has 2 unspecified atom stereocenters. The lowest BCUT2D eigenvalue weighted by Gasteiger charge is -2.17. The molecule has 0 aromatic heterocycles. The van der Waals surface area contributed by atoms with Crippen LogP contribution in [0.4, 0.5) is 0 Å². The predicted molar refractivity (Wildman–Crippen MR) is 32.0 cm³/mol. The number of allylic oxidation sites excluding steroid dienone is 2. The number of hydrogen-bond acceptors (Lipinski definition) is 2. The lowest BCUT2D eigenvalue weighted by molar-refractivity contribution is 0.101. The van der Waals surface area contributed by atoms with E-state index in [0.717, 1.165) is 6.08 Å². The average Bonchev–Trinajstić information content (AvgIpc) is 1.97. The Morgan fingerprint density at radius 1 is 1.88 bits per heavy atom. The third kappa shape index (κ3) is 1.18. The summed E-state index contributed by atoms with van der Waals surface area (Å²) >= 11 is 0. The molecule has 0 bridgehead atoms. The summed E-state index contributed by atoms with van der Waals surface area (Å²) in [6.07, 6.45) is -0.468. The Kier molecular flexibility index (Phi) is 0.503. The van der Waals surface area contributed by atoms with Gasteiger partial charge in [0.1, 0.15) is 5.72 Å². The first-order valence-electron chi connectivity index (χ1n) is 4.24. The monoisotopic (exact) mass is 115 g/mol. The topological polar surface area (TPSA) is 46.2 Å². The van der Waals surface area contributed by atoms with E-state index < -0.39 is 18.2 Å². The molecule has 2 heteroatoms. The van der Waals surface area contributed by atoms with Crippen LogP contribution in [0.2, 0.25) is 0 Å². The quantitative estimate of drug-likeness (QED) is 0.441. The largest absolute Gasteiger partial charge is 0.372 e. The molecule has 0 heterocycles. The van der Waals surface area contributed by atoms with Crippen molar-refractivity contribution in [1.29, 1.82) is 0 Å². The van der Waals surface area contributed by atoms with Gasteiger partial charge in [-0.3, -0.25) is 0 Å². The zero-order valence-corrected chi connectivity index (χ0v) is 4.18. The van der Waals surface area contributed by atoms with Crippen LogP contribution in [0.1, 0.15) is 11.9 Å². The van der Waals surface area contributed by atoms with Crippen molar-refractivity contribution in [2.45, 2.75) is 12.1 Å². The Morgan fingerprint density at radius 2 is 2.62 bits per heavy atom. The van der Waals surface area contributed by atoms with Gasteiger partial charge in [-0.2, -0.15) is 0 Å². The molecule has 0 radical (unpaired) electrons. The smallest absolute Gasteiger partial charge is 0.136 e. The second-order valence-corrected chi connectivity index (χ2v) is 1.59. The van der Waals surface area contributed by atoms with Gasteiger partial charge in [-0.15, -0.1) is 0 Å². The first-order valence-corrected chi connectivity index (χ1v) is 2.17. The van der Waals surface area contributed by atoms with E-state index in [2.05, 4.69) is 0 Å². The van der Waals surface area contributed by atoms with E-state index in [4.69, 9.17) is 11.2 Å². The van der Waals surface area contributed by atoms with Crippen LogP contribution in [-0.2, 0) is 0 Å². The van der Waals surface area contributed by atoms with Gasteiger partial charge in [0.15, 0.2) is 0 Å². The Hall–Kier alpha value is -0.600. The van der Waals surface area contributed by atoms with E-state index in [1.165, 1.54) is 0 Å². The van der Waals surface area contributed by atoms with E-state index in [0.29, 0.717) is 0 Å². The lowest BCUT2D eigenvalue weighted by atomic mass is 10.1. The molecule has 44 valence electrons. The van der Waals surface area contributed by atoms with Crippen LogP contribution in [0.3, 0.4) is 0 Å². The normalized spacial score (nSPS) is 55.8. The molecule has 0 aromatic rings. The highest BCUT2D eigenvalue weighted by atomic mass is 16.3. The van der Waals surface area contributed by atoms with Crippen LogP contribution < -0.4 is 5.73 Å². The molecule has 0 aliphatic heterocycles. The third-order valence-electron chi connectivity index (χ3n) is 0.751. The summed E-state index contributed by atoms with van der Waals surface area (Å²) < 4.78 is 28.7. The van der Waals surface area contributed by atoms with Gasteiger partial charge in [-0.25, -0.2) is 0 Å². The molecule has 0 spiro atoms. The molecule has 3 N–H and O–H groups in total. The van der Waals surface area contributed by atoms with Gasteiger partial charge in [0, 0.05) is 7.77 Å². The molecule has 8 heavy (non-hydrogen) atoms. The molecular weight excluding hydrogens is 102 g/mol. The maximum absolute atomic E-state index is 9.26. The SMILES string of the molecule is [2H]C1=CC(N)(O)C([2H])C([2H])=C1[2H]. The van der Waals surface area contributed by atoms with Crippen molar-refractivity contribution in [3.05, 3.63) is 24.2 Å². The predicted octanol–water partition coefficient (Wildman–Crippen LogP) is 0.150. The van der Waals surface area contributed by atoms with Crippen LogP contribution in [0.15, 0.2) is 24.2 Å². The van der Waals surface area contributed by atoms with Gasteiger partial charge in [0.05, 0.1) is 4.11 Å². The maximum atomic E-state index is 9.26. The molecule has 1 rings (SSSR count). The van der Waals surface area contributed by atoms with E-state index in [-0.39, 0.29) is 12.1 Å². The van der Waals surface area contributed by atoms with Gasteiger partial charge < -0.3 is 10.8 Å². The Labute approximate surface area is 53.9 Å². The zero-order chi connectivity index (χ0) is 9.52. The number of aliphatic hydroxyl groups is 1. The minimum atomic E-state index is -1.99. The Bertz CT molecular complexity index is 271. The van der Waals surface area contributed by atoms with Crippen LogP contribution in [0, 0.1) is 0 Å². The fraction of sp³-hybridized carbons (Fsp3) is 0.333. The van der Waals surface area contributed by atoms with Gasteiger partial charge in [0.2, 0.25) is 0 Å². The Balaban J connectivity index is 3.15. The van der Waals surface area contributed by atoms with Crippen molar-refractivity contribution in [3.63, 3.8) is 0 Å². The maximum Gasteiger partial charge on any atom is 0.136 e. The zero-order valence-electron chi connectivity index (χ0n) is 8.18. The molecule has 0 aromatic carbocycles. The molecule has 2 nitrogen and oxygen atoms in total. The van der Waals surface area contributed by atoms with Crippen molar-refractivity contribution in [3.8, 4) is 0 Å². The standard InChI is InChI=1S/C6H9NO/c7-6(8)4-2-1-3-5-6/h1-4,8H,5,7H2/i1D,2D,3D,5D. The summed E-state index contributed by atoms with van der Waals surface area (Å²) in [4.78, 5) is 0. The van der Waals surface area contributed by atoms with Crippen LogP contribution in [0.5, 0.6) is 0 Å². The summed E-state index contributed by atoms with van der Waals surface area (Å²) in [7, 11) is 0. The van der Waals surface area contributed by atoms with Crippen molar-refractivity contribution in [2.24, 2.45) is 5.73 Å². The van der Waals surface area contributed by atoms with Crippen LogP contribution in [-0.4, -0.2) is 10.8 Å². The number of nitrogens with two attached hydrogens (primary N) is 1. The summed E-state index contributed by atoms with van der Waals surface area (Å²) in [6.45, 7) is 0. The average molecular weight is 115 g/mol. The van der Waals surface area contributed by atoms with E-state index in [1.807, 2.05) is 0 Å². The van der Waals surface area contributed by atoms with Crippen molar-refractivity contribution in [2.75, 3.05) is 0 Å². The molecule has 0 fully saturated rings. The first-order chi connectivity index (χ1) is 5.36. The van der Waals surface area contributed by atoms with Gasteiger partial charge in [-0.05, 0) is 6.08 Å². The fourth-order valence-electron chi connectivity index (χ4n) is 0.387. The summed E-state index contributed by atoms with van der Waals surface area (Å²) in [5.41, 5.74) is 3.21. The minimum absolute atomic E-state index is 0.312. The van der Waals surface area contributed by atoms with Gasteiger partial charge >= 0.3 is 0 Å². The highest BCUT2D eigenvalue weighted by Crippen LogP contribution is 2.09. The van der Waals surface area contributed by atoms with Crippen molar-refractivity contribution >= 4 is 0 Å². The number of hydrogen-bond donors (Lipinski definition) is 2. The van der Waals surface area contributed by atoms with E-state index in [1.54, 1.807) is 0 Å². The molecule has 1 aliphatic rings. The highest BCUT2D eigenvalue weighted by molar-refractivity contribution is 5.15. The molecule has 0 saturated carbocycles. The highest BCUT2D eigenvalue weighted by Gasteiger charge is 2.14. The van der Waals surface area contributed by atoms with Gasteiger partial charge in [0.25, 0.3) is 0 Å². The summed E-state index contributed by atoms with van der Waals surface area (Å²) in [5, 5.41) is 9.26. The lowest BCUT2D eigenvalue weighted by Crippen LogP contribution is -2.37. The van der Waals surface area contributed by atoms with E-state index >= 15 is 0 Å². The van der Waals surface area contributed by atoms with Gasteiger partial charge in [-0.1, -0.05) is 18.2 Å². The van der Waals surface area contributed by atoms with Crippen molar-refractivity contribution in [1.82, 2.24) is 0 Å². The van der Waals surface area contributed by atoms with Crippen LogP contribution >= 0.6 is 0 Å². The van der Waals surface area contributed by atoms with Crippen LogP contribution in [0.25, 0.3) is 0 Å². The molecule has 1 aliphatic carbocycles. The first kappa shape index (κ1) is 2.33. The third-order valence-corrected chi connectivity index (χ3v) is 0.751. The minimum Gasteiger partial charge on any atom is -0.372 e. The Morgan fingerprint density at radius 3 is 3.38 bits per heavy atom. The molecule has 0 saturated heterocycles. The van der Waals surface area contributed by atoms with Crippen molar-refractivity contribution < 1.29 is 10.6 Å². The molecule has 0 amide bonds. The second kappa shape index (κ2) is 1.73. The second-order valence-electron chi connectivity index (χ2n) is 1.59. The fourth-order valence-corrected chi connectivity index (χ4v) is 0.387. The number of rotatable bonds is 0. The molecular formula is C6H9NO. The summed E-state index contributed by atoms with van der Waals surface area (Å²) in [6, 6.07) is -1.09. The molecule has 2 atom stereocenters. The van der Waals surface area contributed by atoms with E-state index in [9.17, 15) is 5.11 Å².